The van der Waals surface area contributed by atoms with Crippen molar-refractivity contribution in [3.63, 3.8) is 0 Å². The molecule has 2 unspecified atom stereocenters. The van der Waals surface area contributed by atoms with Crippen molar-refractivity contribution in [2.75, 3.05) is 11.4 Å². The van der Waals surface area contributed by atoms with Gasteiger partial charge in [0.15, 0.2) is 0 Å². The normalized spacial score (nSPS) is 26.0. The summed E-state index contributed by atoms with van der Waals surface area (Å²) in [6, 6.07) is 2.96. The molecule has 2 atom stereocenters. The lowest BCUT2D eigenvalue weighted by atomic mass is 9.89. The summed E-state index contributed by atoms with van der Waals surface area (Å²) in [5.41, 5.74) is -1.17. The summed E-state index contributed by atoms with van der Waals surface area (Å²) in [6.07, 6.45) is -3.37. The molecular formula is C23H31F3N2O5. The van der Waals surface area contributed by atoms with Crippen LogP contribution in [-0.4, -0.2) is 47.5 Å². The quantitative estimate of drug-likeness (QED) is 0.655. The van der Waals surface area contributed by atoms with Crippen LogP contribution in [0.4, 0.5) is 23.7 Å². The average molecular weight is 473 g/mol. The van der Waals surface area contributed by atoms with Gasteiger partial charge in [0.25, 0.3) is 0 Å². The predicted molar refractivity (Wildman–Crippen MR) is 115 cm³/mol. The molecule has 0 aromatic heterocycles. The number of carboxylic acid groups (broad SMARTS) is 1. The maximum atomic E-state index is 13.4. The third-order valence-electron chi connectivity index (χ3n) is 6.04. The molecule has 7 nitrogen and oxygen atoms in total. The molecule has 33 heavy (non-hydrogen) atoms. The zero-order valence-corrected chi connectivity index (χ0v) is 19.2. The van der Waals surface area contributed by atoms with Crippen molar-refractivity contribution in [2.24, 2.45) is 5.92 Å². The van der Waals surface area contributed by atoms with Gasteiger partial charge in [-0.3, -0.25) is 4.79 Å². The van der Waals surface area contributed by atoms with Crippen LogP contribution in [0.15, 0.2) is 18.2 Å². The summed E-state index contributed by atoms with van der Waals surface area (Å²) in [5.74, 6) is -1.71. The number of carbonyl (C=O) groups is 2. The van der Waals surface area contributed by atoms with Crippen molar-refractivity contribution >= 4 is 17.7 Å². The van der Waals surface area contributed by atoms with Crippen molar-refractivity contribution < 1.29 is 37.3 Å². The molecule has 2 aliphatic rings. The Morgan fingerprint density at radius 2 is 1.79 bits per heavy atom. The molecular weight excluding hydrogens is 441 g/mol. The minimum Gasteiger partial charge on any atom is -0.488 e. The van der Waals surface area contributed by atoms with Gasteiger partial charge in [-0.2, -0.15) is 13.2 Å². The van der Waals surface area contributed by atoms with Crippen molar-refractivity contribution in [3.05, 3.63) is 23.8 Å². The van der Waals surface area contributed by atoms with Gasteiger partial charge in [0, 0.05) is 18.6 Å². The standard InChI is InChI=1S/C23H31F3N2O5/c1-13-17(20(29)30)12-28(18-11-14(23(24,25)26)5-10-19(18)32-13)16-8-6-15(7-9-16)27-21(31)33-22(2,3)4/h5,10-11,13,15-17H,6-9,12H2,1-4H3,(H,27,31)(H,29,30). The van der Waals surface area contributed by atoms with E-state index in [0.29, 0.717) is 25.7 Å². The highest BCUT2D eigenvalue weighted by Gasteiger charge is 2.39. The van der Waals surface area contributed by atoms with Gasteiger partial charge in [-0.1, -0.05) is 0 Å². The number of alkyl carbamates (subject to hydrolysis) is 1. The minimum absolute atomic E-state index is 0.0413. The zero-order valence-electron chi connectivity index (χ0n) is 19.2. The first kappa shape index (κ1) is 25.0. The Labute approximate surface area is 191 Å². The lowest BCUT2D eigenvalue weighted by molar-refractivity contribution is -0.144. The maximum absolute atomic E-state index is 13.4. The number of alkyl halides is 3. The van der Waals surface area contributed by atoms with E-state index in [9.17, 15) is 27.9 Å². The summed E-state index contributed by atoms with van der Waals surface area (Å²) < 4.78 is 51.3. The van der Waals surface area contributed by atoms with Gasteiger partial charge < -0.3 is 24.8 Å². The predicted octanol–water partition coefficient (Wildman–Crippen LogP) is 4.83. The van der Waals surface area contributed by atoms with Crippen LogP contribution in [0.25, 0.3) is 0 Å². The summed E-state index contributed by atoms with van der Waals surface area (Å²) in [6.45, 7) is 6.98. The molecule has 1 aromatic carbocycles. The molecule has 1 amide bonds. The molecule has 0 saturated heterocycles. The van der Waals surface area contributed by atoms with Gasteiger partial charge in [-0.15, -0.1) is 0 Å². The Bertz CT molecular complexity index is 876. The second-order valence-corrected chi connectivity index (χ2v) is 9.75. The molecule has 10 heteroatoms. The van der Waals surface area contributed by atoms with Gasteiger partial charge in [0.05, 0.1) is 11.3 Å². The average Bonchev–Trinajstić information content (AvgIpc) is 2.82. The van der Waals surface area contributed by atoms with Crippen LogP contribution in [0.1, 0.15) is 58.9 Å². The monoisotopic (exact) mass is 472 g/mol. The fraction of sp³-hybridized carbons (Fsp3) is 0.652. The van der Waals surface area contributed by atoms with Gasteiger partial charge in [-0.05, 0) is 71.6 Å². The highest BCUT2D eigenvalue weighted by Crippen LogP contribution is 2.42. The van der Waals surface area contributed by atoms with Crippen LogP contribution in [0, 0.1) is 5.92 Å². The third-order valence-corrected chi connectivity index (χ3v) is 6.04. The SMILES string of the molecule is CC1Oc2ccc(C(F)(F)F)cc2N(C2CCC(NC(=O)OC(C)(C)C)CC2)CC1C(=O)O. The van der Waals surface area contributed by atoms with E-state index in [1.807, 2.05) is 0 Å². The Hall–Kier alpha value is -2.65. The summed E-state index contributed by atoms with van der Waals surface area (Å²) in [4.78, 5) is 25.7. The van der Waals surface area contributed by atoms with E-state index in [1.54, 1.807) is 32.6 Å². The number of hydrogen-bond donors (Lipinski definition) is 2. The number of benzene rings is 1. The van der Waals surface area contributed by atoms with E-state index >= 15 is 0 Å². The van der Waals surface area contributed by atoms with Gasteiger partial charge >= 0.3 is 18.2 Å². The molecule has 1 heterocycles. The lowest BCUT2D eigenvalue weighted by Gasteiger charge is -2.39. The van der Waals surface area contributed by atoms with Gasteiger partial charge in [0.2, 0.25) is 0 Å². The number of halogens is 3. The second kappa shape index (κ2) is 9.30. The fourth-order valence-corrected chi connectivity index (χ4v) is 4.39. The first-order valence-corrected chi connectivity index (χ1v) is 11.1. The summed E-state index contributed by atoms with van der Waals surface area (Å²) >= 11 is 0. The maximum Gasteiger partial charge on any atom is 0.416 e. The molecule has 0 radical (unpaired) electrons. The molecule has 1 fully saturated rings. The number of carbonyl (C=O) groups excluding carboxylic acids is 1. The van der Waals surface area contributed by atoms with Gasteiger partial charge in [0.1, 0.15) is 23.4 Å². The topological polar surface area (TPSA) is 88.1 Å². The van der Waals surface area contributed by atoms with Crippen LogP contribution in [-0.2, 0) is 15.7 Å². The largest absolute Gasteiger partial charge is 0.488 e. The van der Waals surface area contributed by atoms with E-state index in [0.717, 1.165) is 12.1 Å². The molecule has 1 saturated carbocycles. The number of carboxylic acids is 1. The van der Waals surface area contributed by atoms with Crippen LogP contribution >= 0.6 is 0 Å². The van der Waals surface area contributed by atoms with Crippen LogP contribution < -0.4 is 15.0 Å². The molecule has 2 N–H and O–H groups in total. The number of hydrogen-bond acceptors (Lipinski definition) is 5. The van der Waals surface area contributed by atoms with E-state index in [1.165, 1.54) is 6.07 Å². The molecule has 3 rings (SSSR count). The first-order valence-electron chi connectivity index (χ1n) is 11.1. The highest BCUT2D eigenvalue weighted by atomic mass is 19.4. The smallest absolute Gasteiger partial charge is 0.416 e. The lowest BCUT2D eigenvalue weighted by Crippen LogP contribution is -2.47. The Kier molecular flexibility index (Phi) is 7.04. The zero-order chi connectivity index (χ0) is 24.6. The minimum atomic E-state index is -4.53. The van der Waals surface area contributed by atoms with Crippen molar-refractivity contribution in [3.8, 4) is 5.75 Å². The number of fused-ring (bicyclic) bond motifs is 1. The van der Waals surface area contributed by atoms with Gasteiger partial charge in [-0.25, -0.2) is 4.79 Å². The molecule has 1 aliphatic heterocycles. The van der Waals surface area contributed by atoms with Crippen LogP contribution in [0.2, 0.25) is 0 Å². The number of anilines is 1. The molecule has 1 aliphatic carbocycles. The first-order chi connectivity index (χ1) is 15.2. The summed E-state index contributed by atoms with van der Waals surface area (Å²) in [5, 5.41) is 12.5. The molecule has 0 bridgehead atoms. The molecule has 1 aromatic rings. The van der Waals surface area contributed by atoms with Crippen molar-refractivity contribution in [2.45, 2.75) is 83.3 Å². The molecule has 0 spiro atoms. The van der Waals surface area contributed by atoms with E-state index < -0.39 is 41.4 Å². The number of nitrogens with zero attached hydrogens (tertiary/aromatic N) is 1. The Morgan fingerprint density at radius 1 is 1.15 bits per heavy atom. The number of rotatable bonds is 3. The fourth-order valence-electron chi connectivity index (χ4n) is 4.39. The number of ether oxygens (including phenoxy) is 2. The summed E-state index contributed by atoms with van der Waals surface area (Å²) in [7, 11) is 0. The Morgan fingerprint density at radius 3 is 2.33 bits per heavy atom. The van der Waals surface area contributed by atoms with Crippen molar-refractivity contribution in [1.29, 1.82) is 0 Å². The third kappa shape index (κ3) is 6.23. The van der Waals surface area contributed by atoms with Crippen LogP contribution in [0.5, 0.6) is 5.75 Å². The second-order valence-electron chi connectivity index (χ2n) is 9.75. The number of nitrogens with one attached hydrogen (secondary N) is 1. The number of aliphatic carboxylic acids is 1. The molecule has 184 valence electrons. The van der Waals surface area contributed by atoms with E-state index in [2.05, 4.69) is 5.32 Å². The van der Waals surface area contributed by atoms with E-state index in [4.69, 9.17) is 9.47 Å². The van der Waals surface area contributed by atoms with Crippen LogP contribution in [0.3, 0.4) is 0 Å². The van der Waals surface area contributed by atoms with E-state index in [-0.39, 0.29) is 30.1 Å². The number of amides is 1. The Balaban J connectivity index is 1.81. The van der Waals surface area contributed by atoms with Crippen molar-refractivity contribution in [1.82, 2.24) is 5.32 Å². The highest BCUT2D eigenvalue weighted by molar-refractivity contribution is 5.73.